The SMILES string of the molecule is CCOCc1cc(SCC2C=CC3=C(C2)OCCO3)ccc1F. The Balaban J connectivity index is 1.56. The van der Waals surface area contributed by atoms with Crippen LogP contribution in [0.4, 0.5) is 4.39 Å². The van der Waals surface area contributed by atoms with Crippen LogP contribution >= 0.6 is 11.8 Å². The summed E-state index contributed by atoms with van der Waals surface area (Å²) in [7, 11) is 0. The molecule has 0 saturated carbocycles. The van der Waals surface area contributed by atoms with E-state index in [0.717, 1.165) is 28.6 Å². The molecule has 0 amide bonds. The van der Waals surface area contributed by atoms with Crippen LogP contribution < -0.4 is 0 Å². The highest BCUT2D eigenvalue weighted by atomic mass is 32.2. The van der Waals surface area contributed by atoms with Gasteiger partial charge in [0.05, 0.1) is 6.61 Å². The molecule has 1 heterocycles. The molecule has 1 aromatic rings. The molecule has 5 heteroatoms. The fourth-order valence-electron chi connectivity index (χ4n) is 2.58. The van der Waals surface area contributed by atoms with Gasteiger partial charge in [0.2, 0.25) is 0 Å². The van der Waals surface area contributed by atoms with Crippen LogP contribution in [0.2, 0.25) is 0 Å². The van der Waals surface area contributed by atoms with Crippen LogP contribution in [0.5, 0.6) is 0 Å². The molecular weight excluding hydrogens is 315 g/mol. The molecular formula is C18H21FO3S. The highest BCUT2D eigenvalue weighted by molar-refractivity contribution is 7.99. The number of allylic oxidation sites excluding steroid dienone is 3. The highest BCUT2D eigenvalue weighted by Gasteiger charge is 2.21. The zero-order valence-electron chi connectivity index (χ0n) is 13.2. The van der Waals surface area contributed by atoms with Gasteiger partial charge in [-0.1, -0.05) is 6.08 Å². The lowest BCUT2D eigenvalue weighted by atomic mass is 10.0. The molecule has 0 radical (unpaired) electrons. The number of halogens is 1. The Morgan fingerprint density at radius 1 is 1.30 bits per heavy atom. The van der Waals surface area contributed by atoms with E-state index in [9.17, 15) is 4.39 Å². The molecule has 23 heavy (non-hydrogen) atoms. The molecule has 0 bridgehead atoms. The summed E-state index contributed by atoms with van der Waals surface area (Å²) in [5.41, 5.74) is 0.616. The van der Waals surface area contributed by atoms with Crippen molar-refractivity contribution in [2.75, 3.05) is 25.6 Å². The predicted molar refractivity (Wildman–Crippen MR) is 88.6 cm³/mol. The Labute approximate surface area is 140 Å². The lowest BCUT2D eigenvalue weighted by Crippen LogP contribution is -2.18. The minimum absolute atomic E-state index is 0.206. The summed E-state index contributed by atoms with van der Waals surface area (Å²) in [6, 6.07) is 5.23. The van der Waals surface area contributed by atoms with Crippen molar-refractivity contribution in [2.45, 2.75) is 24.8 Å². The molecule has 1 aromatic carbocycles. The fraction of sp³-hybridized carbons (Fsp3) is 0.444. The normalized spacial score (nSPS) is 20.0. The Kier molecular flexibility index (Phi) is 5.62. The van der Waals surface area contributed by atoms with E-state index in [1.807, 2.05) is 25.1 Å². The van der Waals surface area contributed by atoms with E-state index in [4.69, 9.17) is 14.2 Å². The Hall–Kier alpha value is -1.46. The average Bonchev–Trinajstić information content (AvgIpc) is 2.59. The lowest BCUT2D eigenvalue weighted by molar-refractivity contribution is 0.0601. The van der Waals surface area contributed by atoms with Crippen molar-refractivity contribution in [3.63, 3.8) is 0 Å². The van der Waals surface area contributed by atoms with Crippen LogP contribution in [0.1, 0.15) is 18.9 Å². The summed E-state index contributed by atoms with van der Waals surface area (Å²) in [5, 5.41) is 0. The topological polar surface area (TPSA) is 27.7 Å². The van der Waals surface area contributed by atoms with Gasteiger partial charge in [-0.2, -0.15) is 0 Å². The number of benzene rings is 1. The molecule has 0 saturated heterocycles. The van der Waals surface area contributed by atoms with E-state index in [1.54, 1.807) is 11.8 Å². The van der Waals surface area contributed by atoms with Crippen molar-refractivity contribution in [1.82, 2.24) is 0 Å². The Morgan fingerprint density at radius 3 is 3.04 bits per heavy atom. The summed E-state index contributed by atoms with van der Waals surface area (Å²) in [6.07, 6.45) is 5.05. The van der Waals surface area contributed by atoms with Crippen molar-refractivity contribution < 1.29 is 18.6 Å². The number of thioether (sulfide) groups is 1. The molecule has 3 rings (SSSR count). The van der Waals surface area contributed by atoms with Gasteiger partial charge in [-0.3, -0.25) is 0 Å². The van der Waals surface area contributed by atoms with E-state index in [-0.39, 0.29) is 5.82 Å². The minimum atomic E-state index is -0.206. The standard InChI is InChI=1S/C18H21FO3S/c1-2-20-11-14-10-15(4-5-16(14)19)23-12-13-3-6-17-18(9-13)22-8-7-21-17/h3-6,10,13H,2,7-9,11-12H2,1H3. The van der Waals surface area contributed by atoms with Gasteiger partial charge >= 0.3 is 0 Å². The molecule has 1 aliphatic heterocycles. The van der Waals surface area contributed by atoms with Crippen LogP contribution in [0.25, 0.3) is 0 Å². The van der Waals surface area contributed by atoms with Gasteiger partial charge in [0.25, 0.3) is 0 Å². The van der Waals surface area contributed by atoms with Crippen molar-refractivity contribution >= 4 is 11.8 Å². The van der Waals surface area contributed by atoms with Crippen molar-refractivity contribution in [1.29, 1.82) is 0 Å². The quantitative estimate of drug-likeness (QED) is 0.725. The largest absolute Gasteiger partial charge is 0.490 e. The minimum Gasteiger partial charge on any atom is -0.490 e. The van der Waals surface area contributed by atoms with Crippen LogP contribution in [-0.4, -0.2) is 25.6 Å². The van der Waals surface area contributed by atoms with Crippen LogP contribution in [-0.2, 0) is 20.8 Å². The molecule has 0 N–H and O–H groups in total. The Bertz CT molecular complexity index is 612. The third-order valence-corrected chi connectivity index (χ3v) is 4.98. The summed E-state index contributed by atoms with van der Waals surface area (Å²) in [6.45, 7) is 4.07. The number of hydrogen-bond donors (Lipinski definition) is 0. The second-order valence-corrected chi connectivity index (χ2v) is 6.60. The first-order chi connectivity index (χ1) is 11.3. The van der Waals surface area contributed by atoms with Gasteiger partial charge < -0.3 is 14.2 Å². The maximum Gasteiger partial charge on any atom is 0.156 e. The third kappa shape index (κ3) is 4.30. The average molecular weight is 336 g/mol. The molecule has 1 aliphatic carbocycles. The number of rotatable bonds is 6. The van der Waals surface area contributed by atoms with Crippen molar-refractivity contribution in [2.24, 2.45) is 5.92 Å². The number of ether oxygens (including phenoxy) is 3. The molecule has 0 aromatic heterocycles. The summed E-state index contributed by atoms with van der Waals surface area (Å²) < 4.78 is 30.3. The van der Waals surface area contributed by atoms with Gasteiger partial charge in [0.1, 0.15) is 24.8 Å². The van der Waals surface area contributed by atoms with E-state index < -0.39 is 0 Å². The highest BCUT2D eigenvalue weighted by Crippen LogP contribution is 2.32. The second-order valence-electron chi connectivity index (χ2n) is 5.51. The molecule has 0 spiro atoms. The molecule has 2 aliphatic rings. The zero-order valence-corrected chi connectivity index (χ0v) is 14.0. The molecule has 1 atom stereocenters. The summed E-state index contributed by atoms with van der Waals surface area (Å²) in [5.74, 6) is 2.96. The van der Waals surface area contributed by atoms with Crippen molar-refractivity contribution in [3.8, 4) is 0 Å². The third-order valence-electron chi connectivity index (χ3n) is 3.80. The summed E-state index contributed by atoms with van der Waals surface area (Å²) in [4.78, 5) is 1.06. The monoisotopic (exact) mass is 336 g/mol. The number of hydrogen-bond acceptors (Lipinski definition) is 4. The first-order valence-electron chi connectivity index (χ1n) is 7.92. The van der Waals surface area contributed by atoms with E-state index >= 15 is 0 Å². The van der Waals surface area contributed by atoms with Crippen LogP contribution in [0.3, 0.4) is 0 Å². The van der Waals surface area contributed by atoms with E-state index in [2.05, 4.69) is 6.08 Å². The van der Waals surface area contributed by atoms with Gasteiger partial charge in [-0.15, -0.1) is 11.8 Å². The molecule has 0 fully saturated rings. The lowest BCUT2D eigenvalue weighted by Gasteiger charge is -2.26. The first-order valence-corrected chi connectivity index (χ1v) is 8.90. The van der Waals surface area contributed by atoms with E-state index in [0.29, 0.717) is 37.9 Å². The van der Waals surface area contributed by atoms with Gasteiger partial charge in [-0.05, 0) is 37.1 Å². The maximum atomic E-state index is 13.7. The van der Waals surface area contributed by atoms with E-state index in [1.165, 1.54) is 6.07 Å². The first kappa shape index (κ1) is 16.4. The fourth-order valence-corrected chi connectivity index (χ4v) is 3.60. The molecule has 124 valence electrons. The molecule has 3 nitrogen and oxygen atoms in total. The van der Waals surface area contributed by atoms with Gasteiger partial charge in [-0.25, -0.2) is 4.39 Å². The van der Waals surface area contributed by atoms with Crippen LogP contribution in [0, 0.1) is 11.7 Å². The smallest absolute Gasteiger partial charge is 0.156 e. The zero-order chi connectivity index (χ0) is 16.1. The predicted octanol–water partition coefficient (Wildman–Crippen LogP) is 4.29. The van der Waals surface area contributed by atoms with Gasteiger partial charge in [0.15, 0.2) is 5.76 Å². The van der Waals surface area contributed by atoms with Crippen molar-refractivity contribution in [3.05, 3.63) is 53.3 Å². The van der Waals surface area contributed by atoms with Crippen LogP contribution in [0.15, 0.2) is 46.8 Å². The Morgan fingerprint density at radius 2 is 2.17 bits per heavy atom. The van der Waals surface area contributed by atoms with Gasteiger partial charge in [0, 0.05) is 29.2 Å². The molecule has 1 unspecified atom stereocenters. The summed E-state index contributed by atoms with van der Waals surface area (Å²) >= 11 is 1.73. The second kappa shape index (κ2) is 7.88. The maximum absolute atomic E-state index is 13.7.